The number of rotatable bonds is 3. The van der Waals surface area contributed by atoms with Gasteiger partial charge >= 0.3 is 0 Å². The van der Waals surface area contributed by atoms with E-state index in [0.717, 1.165) is 0 Å². The molecular weight excluding hydrogens is 250 g/mol. The number of carbonyl (C=O) groups excluding carboxylic acids is 1. The average Bonchev–Trinajstić information content (AvgIpc) is 2.32. The summed E-state index contributed by atoms with van der Waals surface area (Å²) in [6.07, 6.45) is 0. The van der Waals surface area contributed by atoms with Gasteiger partial charge in [-0.1, -0.05) is 11.6 Å². The van der Waals surface area contributed by atoms with Crippen LogP contribution in [-0.4, -0.2) is 5.78 Å². The van der Waals surface area contributed by atoms with Gasteiger partial charge in [-0.15, -0.1) is 0 Å². The minimum absolute atomic E-state index is 0.0643. The summed E-state index contributed by atoms with van der Waals surface area (Å²) < 4.78 is 5.60. The van der Waals surface area contributed by atoms with Crippen molar-refractivity contribution in [3.8, 4) is 11.5 Å². The van der Waals surface area contributed by atoms with E-state index >= 15 is 0 Å². The molecule has 0 unspecified atom stereocenters. The van der Waals surface area contributed by atoms with Crippen molar-refractivity contribution in [1.29, 1.82) is 0 Å². The maximum absolute atomic E-state index is 11.2. The number of benzene rings is 2. The zero-order valence-electron chi connectivity index (χ0n) is 9.81. The van der Waals surface area contributed by atoms with E-state index in [1.165, 1.54) is 6.92 Å². The van der Waals surface area contributed by atoms with Crippen LogP contribution in [0.1, 0.15) is 17.3 Å². The first-order valence-electron chi connectivity index (χ1n) is 5.40. The van der Waals surface area contributed by atoms with Crippen molar-refractivity contribution in [3.05, 3.63) is 53.1 Å². The van der Waals surface area contributed by atoms with Crippen LogP contribution < -0.4 is 10.5 Å². The van der Waals surface area contributed by atoms with E-state index in [1.54, 1.807) is 42.5 Å². The third-order valence-electron chi connectivity index (χ3n) is 2.45. The number of hydrogen-bond donors (Lipinski definition) is 1. The van der Waals surface area contributed by atoms with Crippen LogP contribution in [0.4, 0.5) is 5.69 Å². The minimum Gasteiger partial charge on any atom is -0.457 e. The highest BCUT2D eigenvalue weighted by molar-refractivity contribution is 6.30. The Balaban J connectivity index is 2.22. The van der Waals surface area contributed by atoms with E-state index in [1.807, 2.05) is 0 Å². The van der Waals surface area contributed by atoms with E-state index in [9.17, 15) is 4.79 Å². The Labute approximate surface area is 110 Å². The summed E-state index contributed by atoms with van der Waals surface area (Å²) in [5.74, 6) is 1.18. The largest absolute Gasteiger partial charge is 0.457 e. The summed E-state index contributed by atoms with van der Waals surface area (Å²) in [6.45, 7) is 1.48. The van der Waals surface area contributed by atoms with E-state index in [2.05, 4.69) is 0 Å². The molecule has 0 heterocycles. The number of nitrogen functional groups attached to an aromatic ring is 1. The molecule has 0 saturated carbocycles. The molecule has 0 radical (unpaired) electrons. The molecule has 4 heteroatoms. The molecule has 0 aliphatic carbocycles. The molecule has 0 saturated heterocycles. The van der Waals surface area contributed by atoms with Crippen molar-refractivity contribution in [2.75, 3.05) is 5.73 Å². The molecule has 0 amide bonds. The molecule has 3 nitrogen and oxygen atoms in total. The maximum atomic E-state index is 11.2. The Morgan fingerprint density at radius 1 is 1.11 bits per heavy atom. The second kappa shape index (κ2) is 5.10. The summed E-state index contributed by atoms with van der Waals surface area (Å²) in [5.41, 5.74) is 6.69. The summed E-state index contributed by atoms with van der Waals surface area (Å²) >= 11 is 5.78. The summed E-state index contributed by atoms with van der Waals surface area (Å²) in [6, 6.07) is 12.0. The Hall–Kier alpha value is -2.00. The molecule has 2 aromatic carbocycles. The summed E-state index contributed by atoms with van der Waals surface area (Å²) in [5, 5.41) is 0.647. The first kappa shape index (κ1) is 12.5. The van der Waals surface area contributed by atoms with Gasteiger partial charge in [-0.05, 0) is 43.3 Å². The van der Waals surface area contributed by atoms with Crippen LogP contribution in [0, 0.1) is 0 Å². The molecule has 18 heavy (non-hydrogen) atoms. The molecule has 2 N–H and O–H groups in total. The second-order valence-electron chi connectivity index (χ2n) is 3.86. The smallest absolute Gasteiger partial charge is 0.161 e. The van der Waals surface area contributed by atoms with Crippen LogP contribution >= 0.6 is 11.6 Å². The lowest BCUT2D eigenvalue weighted by molar-refractivity contribution is 0.101. The molecule has 0 bridgehead atoms. The normalized spacial score (nSPS) is 10.1. The van der Waals surface area contributed by atoms with Crippen LogP contribution in [0.2, 0.25) is 5.02 Å². The van der Waals surface area contributed by atoms with Gasteiger partial charge in [0.05, 0.1) is 0 Å². The van der Waals surface area contributed by atoms with Gasteiger partial charge in [0.25, 0.3) is 0 Å². The highest BCUT2D eigenvalue weighted by Crippen LogP contribution is 2.26. The van der Waals surface area contributed by atoms with Gasteiger partial charge in [-0.25, -0.2) is 0 Å². The Morgan fingerprint density at radius 2 is 1.72 bits per heavy atom. The number of nitrogens with two attached hydrogens (primary N) is 1. The summed E-state index contributed by atoms with van der Waals surface area (Å²) in [7, 11) is 0. The number of ketones is 1. The molecule has 0 aliphatic rings. The Bertz CT molecular complexity index is 579. The van der Waals surface area contributed by atoms with Gasteiger partial charge in [0.1, 0.15) is 11.5 Å². The van der Waals surface area contributed by atoms with Crippen molar-refractivity contribution in [1.82, 2.24) is 0 Å². The van der Waals surface area contributed by atoms with Crippen LogP contribution in [0.15, 0.2) is 42.5 Å². The molecule has 92 valence electrons. The fourth-order valence-corrected chi connectivity index (χ4v) is 1.69. The fourth-order valence-electron chi connectivity index (χ4n) is 1.56. The molecule has 0 aliphatic heterocycles. The number of carbonyl (C=O) groups is 1. The molecule has 0 spiro atoms. The average molecular weight is 262 g/mol. The van der Waals surface area contributed by atoms with Gasteiger partial charge in [-0.3, -0.25) is 4.79 Å². The Kier molecular flexibility index (Phi) is 3.53. The van der Waals surface area contributed by atoms with E-state index in [0.29, 0.717) is 27.8 Å². The fraction of sp³-hybridized carbons (Fsp3) is 0.0714. The predicted molar refractivity (Wildman–Crippen MR) is 72.4 cm³/mol. The zero-order valence-corrected chi connectivity index (χ0v) is 10.6. The van der Waals surface area contributed by atoms with E-state index < -0.39 is 0 Å². The zero-order chi connectivity index (χ0) is 13.1. The van der Waals surface area contributed by atoms with Gasteiger partial charge < -0.3 is 10.5 Å². The number of Topliss-reactive ketones (excluding diaryl/α,β-unsaturated/α-hetero) is 1. The molecule has 2 rings (SSSR count). The topological polar surface area (TPSA) is 52.3 Å². The van der Waals surface area contributed by atoms with Gasteiger partial charge in [-0.2, -0.15) is 0 Å². The van der Waals surface area contributed by atoms with Crippen molar-refractivity contribution in [2.24, 2.45) is 0 Å². The minimum atomic E-state index is -0.0643. The third-order valence-corrected chi connectivity index (χ3v) is 2.70. The predicted octanol–water partition coefficient (Wildman–Crippen LogP) is 3.92. The lowest BCUT2D eigenvalue weighted by Gasteiger charge is -2.08. The number of anilines is 1. The lowest BCUT2D eigenvalue weighted by Crippen LogP contribution is -1.99. The van der Waals surface area contributed by atoms with Gasteiger partial charge in [0.2, 0.25) is 0 Å². The lowest BCUT2D eigenvalue weighted by atomic mass is 10.1. The highest BCUT2D eigenvalue weighted by atomic mass is 35.5. The highest BCUT2D eigenvalue weighted by Gasteiger charge is 2.06. The third kappa shape index (κ3) is 2.81. The van der Waals surface area contributed by atoms with Crippen molar-refractivity contribution in [3.63, 3.8) is 0 Å². The van der Waals surface area contributed by atoms with Crippen LogP contribution in [0.3, 0.4) is 0 Å². The van der Waals surface area contributed by atoms with Crippen LogP contribution in [0.5, 0.6) is 11.5 Å². The van der Waals surface area contributed by atoms with E-state index in [4.69, 9.17) is 22.1 Å². The van der Waals surface area contributed by atoms with E-state index in [-0.39, 0.29) is 5.78 Å². The molecular formula is C14H12ClNO2. The first-order valence-corrected chi connectivity index (χ1v) is 5.78. The van der Waals surface area contributed by atoms with Crippen LogP contribution in [-0.2, 0) is 0 Å². The Morgan fingerprint density at radius 3 is 2.28 bits per heavy atom. The SMILES string of the molecule is CC(=O)c1ccc(Oc2ccc(Cl)cc2)cc1N. The molecule has 2 aromatic rings. The quantitative estimate of drug-likeness (QED) is 0.673. The monoisotopic (exact) mass is 261 g/mol. The van der Waals surface area contributed by atoms with Crippen molar-refractivity contribution >= 4 is 23.1 Å². The second-order valence-corrected chi connectivity index (χ2v) is 4.30. The molecule has 0 atom stereocenters. The van der Waals surface area contributed by atoms with Gasteiger partial charge in [0.15, 0.2) is 5.78 Å². The number of ether oxygens (including phenoxy) is 1. The molecule has 0 aromatic heterocycles. The summed E-state index contributed by atoms with van der Waals surface area (Å²) in [4.78, 5) is 11.2. The number of hydrogen-bond acceptors (Lipinski definition) is 3. The van der Waals surface area contributed by atoms with Gasteiger partial charge in [0, 0.05) is 22.3 Å². The first-order chi connectivity index (χ1) is 8.56. The van der Waals surface area contributed by atoms with Crippen molar-refractivity contribution < 1.29 is 9.53 Å². The molecule has 0 fully saturated rings. The van der Waals surface area contributed by atoms with Crippen molar-refractivity contribution in [2.45, 2.75) is 6.92 Å². The number of halogens is 1. The maximum Gasteiger partial charge on any atom is 0.161 e. The van der Waals surface area contributed by atoms with Crippen LogP contribution in [0.25, 0.3) is 0 Å². The standard InChI is InChI=1S/C14H12ClNO2/c1-9(17)13-7-6-12(8-14(13)16)18-11-4-2-10(15)3-5-11/h2-8H,16H2,1H3.